The van der Waals surface area contributed by atoms with Crippen molar-refractivity contribution < 1.29 is 29.1 Å². The topological polar surface area (TPSA) is 16.4 Å². The average Bonchev–Trinajstić information content (AvgIpc) is 3.91. The van der Waals surface area contributed by atoms with Crippen LogP contribution in [0.2, 0.25) is 0 Å². The van der Waals surface area contributed by atoms with Crippen LogP contribution in [-0.2, 0) is 0 Å². The predicted octanol–water partition coefficient (Wildman–Crippen LogP) is 13.9. The Bertz CT molecular complexity index is 3840. The van der Waals surface area contributed by atoms with Gasteiger partial charge in [-0.15, -0.1) is 11.3 Å². The molecular formula is C46H29NOS. The van der Waals surface area contributed by atoms with Crippen LogP contribution >= 0.6 is 11.3 Å². The van der Waals surface area contributed by atoms with E-state index in [4.69, 9.17) is 25.0 Å². The monoisotopic (exact) mass is 661 g/mol. The number of thiophene rings is 1. The van der Waals surface area contributed by atoms with E-state index in [0.29, 0.717) is 5.69 Å². The highest BCUT2D eigenvalue weighted by molar-refractivity contribution is 7.25. The first-order chi connectivity index (χ1) is 31.8. The van der Waals surface area contributed by atoms with E-state index in [-0.39, 0.29) is 60.8 Å². The summed E-state index contributed by atoms with van der Waals surface area (Å²) in [5, 5.41) is 1.24. The lowest BCUT2D eigenvalue weighted by atomic mass is 9.97. The Balaban J connectivity index is 1.26. The van der Waals surface area contributed by atoms with Crippen LogP contribution < -0.4 is 4.90 Å². The number of hydrogen-bond donors (Lipinski definition) is 0. The normalized spacial score (nSPS) is 16.8. The Morgan fingerprint density at radius 3 is 2.18 bits per heavy atom. The molecular weight excluding hydrogens is 615 g/mol. The van der Waals surface area contributed by atoms with Gasteiger partial charge in [-0.3, -0.25) is 0 Å². The van der Waals surface area contributed by atoms with Crippen molar-refractivity contribution in [3.8, 4) is 22.3 Å². The van der Waals surface area contributed by atoms with Crippen molar-refractivity contribution in [2.24, 2.45) is 0 Å². The fourth-order valence-electron chi connectivity index (χ4n) is 6.17. The van der Waals surface area contributed by atoms with Gasteiger partial charge in [-0.25, -0.2) is 0 Å². The van der Waals surface area contributed by atoms with Gasteiger partial charge in [0.2, 0.25) is 0 Å². The molecule has 0 aliphatic carbocycles. The van der Waals surface area contributed by atoms with Gasteiger partial charge in [0, 0.05) is 47.9 Å². The van der Waals surface area contributed by atoms with Crippen LogP contribution in [0.3, 0.4) is 0 Å². The van der Waals surface area contributed by atoms with Gasteiger partial charge in [0.25, 0.3) is 0 Å². The molecule has 0 saturated heterocycles. The van der Waals surface area contributed by atoms with Gasteiger partial charge in [-0.2, -0.15) is 0 Å². The molecule has 0 unspecified atom stereocenters. The maximum atomic E-state index is 9.58. The molecule has 3 heteroatoms. The largest absolute Gasteiger partial charge is 0.456 e. The number of nitrogens with zero attached hydrogens (tertiary/aromatic N) is 1. The van der Waals surface area contributed by atoms with E-state index in [1.165, 1.54) is 40.5 Å². The van der Waals surface area contributed by atoms with Crippen molar-refractivity contribution >= 4 is 81.3 Å². The van der Waals surface area contributed by atoms with Gasteiger partial charge in [0.15, 0.2) is 0 Å². The SMILES string of the molecule is [2H]c1c([2H])c([2H])c(-c2c([2H])c([2H])c([2H])c([2H])c2N(c2ccc(-c3c([2H])c([2H])c4c([2H])c([2H])c5oc6c([2H])c([2H])c([2H])c([2H])c6c5c4c3[2H])cc2)c2ccc3c(c2)sc2ccccc23)c([2H])c1[2H]. The number of benzene rings is 8. The first-order valence-electron chi connectivity index (χ1n) is 24.1. The minimum atomic E-state index is -0.712. The van der Waals surface area contributed by atoms with Crippen LogP contribution in [0, 0.1) is 0 Å². The quantitative estimate of drug-likeness (QED) is 0.182. The first-order valence-corrected chi connectivity index (χ1v) is 15.9. The van der Waals surface area contributed by atoms with Crippen molar-refractivity contribution in [2.45, 2.75) is 0 Å². The van der Waals surface area contributed by atoms with Gasteiger partial charge < -0.3 is 9.32 Å². The summed E-state index contributed by atoms with van der Waals surface area (Å²) in [4.78, 5) is 1.48. The third kappa shape index (κ3) is 4.62. The second kappa shape index (κ2) is 11.2. The maximum Gasteiger partial charge on any atom is 0.136 e. The Morgan fingerprint density at radius 1 is 0.510 bits per heavy atom. The smallest absolute Gasteiger partial charge is 0.136 e. The lowest BCUT2D eigenvalue weighted by molar-refractivity contribution is 0.669. The van der Waals surface area contributed by atoms with E-state index in [0.717, 1.165) is 20.2 Å². The lowest BCUT2D eigenvalue weighted by Crippen LogP contribution is -2.11. The molecule has 0 atom stereocenters. The number of anilines is 3. The number of hydrogen-bond acceptors (Lipinski definition) is 3. The summed E-state index contributed by atoms with van der Waals surface area (Å²) in [6.07, 6.45) is 0. The molecule has 10 rings (SSSR count). The van der Waals surface area contributed by atoms with Crippen molar-refractivity contribution in [3.63, 3.8) is 0 Å². The minimum Gasteiger partial charge on any atom is -0.456 e. The highest BCUT2D eigenvalue weighted by Gasteiger charge is 2.19. The summed E-state index contributed by atoms with van der Waals surface area (Å²) in [6.45, 7) is 0. The number of furan rings is 1. The molecule has 0 amide bonds. The van der Waals surface area contributed by atoms with Crippen LogP contribution in [0.25, 0.3) is 75.1 Å². The molecule has 0 radical (unpaired) electrons. The Morgan fingerprint density at radius 2 is 1.27 bits per heavy atom. The fraction of sp³-hybridized carbons (Fsp3) is 0. The molecule has 0 aliphatic heterocycles. The van der Waals surface area contributed by atoms with Gasteiger partial charge >= 0.3 is 0 Å². The van der Waals surface area contributed by atoms with Gasteiger partial charge in [0.05, 0.1) is 30.4 Å². The number of rotatable bonds is 5. The molecule has 2 nitrogen and oxygen atoms in total. The molecule has 0 fully saturated rings. The van der Waals surface area contributed by atoms with Crippen molar-refractivity contribution in [1.29, 1.82) is 0 Å². The van der Waals surface area contributed by atoms with Gasteiger partial charge in [0.1, 0.15) is 11.2 Å². The summed E-state index contributed by atoms with van der Waals surface area (Å²) in [5.74, 6) is 0. The molecule has 0 bridgehead atoms. The van der Waals surface area contributed by atoms with Crippen molar-refractivity contribution in [1.82, 2.24) is 0 Å². The standard InChI is InChI=1S/C46H29NOS/c1-2-10-31(11-3-1)36-12-4-7-15-41(36)47(35-25-26-38-37-13-6-9-17-44(37)49-45(38)29-35)34-23-20-30(21-24-34)33-19-18-32-22-27-43-46(40(32)28-33)39-14-5-8-16-42(39)48-43/h1-29H/i1D,2D,3D,4D,5D,7D,8D,10D,11D,12D,14D,15D,16D,18D,19D,22D,27D,28D. The van der Waals surface area contributed by atoms with E-state index in [1.807, 2.05) is 36.4 Å². The number of fused-ring (bicyclic) bond motifs is 8. The van der Waals surface area contributed by atoms with E-state index < -0.39 is 114 Å². The summed E-state index contributed by atoms with van der Waals surface area (Å²) in [5.41, 5.74) is -0.984. The third-order valence-electron chi connectivity index (χ3n) is 8.37. The second-order valence-corrected chi connectivity index (χ2v) is 12.2. The summed E-state index contributed by atoms with van der Waals surface area (Å²) in [6, 6.07) is 8.38. The Labute approximate surface area is 313 Å². The van der Waals surface area contributed by atoms with Gasteiger partial charge in [-0.05, 0) is 82.0 Å². The fourth-order valence-corrected chi connectivity index (χ4v) is 7.30. The summed E-state index contributed by atoms with van der Waals surface area (Å²) in [7, 11) is 0. The zero-order valence-corrected chi connectivity index (χ0v) is 25.9. The molecule has 230 valence electrons. The van der Waals surface area contributed by atoms with Crippen LogP contribution in [0.15, 0.2) is 180 Å². The molecule has 49 heavy (non-hydrogen) atoms. The average molecular weight is 662 g/mol. The molecule has 0 N–H and O–H groups in total. The zero-order valence-electron chi connectivity index (χ0n) is 43.1. The molecule has 10 aromatic rings. The lowest BCUT2D eigenvalue weighted by Gasteiger charge is -2.28. The first kappa shape index (κ1) is 15.4. The molecule has 2 heterocycles. The maximum absolute atomic E-state index is 9.58. The van der Waals surface area contributed by atoms with Crippen molar-refractivity contribution in [3.05, 3.63) is 175 Å². The molecule has 0 spiro atoms. The zero-order chi connectivity index (χ0) is 48.0. The third-order valence-corrected chi connectivity index (χ3v) is 9.51. The van der Waals surface area contributed by atoms with E-state index in [9.17, 15) is 4.11 Å². The van der Waals surface area contributed by atoms with Crippen LogP contribution in [0.1, 0.15) is 24.7 Å². The predicted molar refractivity (Wildman–Crippen MR) is 210 cm³/mol. The Hall–Kier alpha value is -6.16. The van der Waals surface area contributed by atoms with Crippen LogP contribution in [-0.4, -0.2) is 0 Å². The van der Waals surface area contributed by atoms with Gasteiger partial charge in [-0.1, -0.05) is 121 Å². The van der Waals surface area contributed by atoms with Crippen LogP contribution in [0.4, 0.5) is 17.1 Å². The summed E-state index contributed by atoms with van der Waals surface area (Å²) >= 11 is 1.48. The molecule has 8 aromatic carbocycles. The minimum absolute atomic E-state index is 0.0874. The molecule has 0 aliphatic rings. The highest BCUT2D eigenvalue weighted by atomic mass is 32.1. The second-order valence-electron chi connectivity index (χ2n) is 11.1. The van der Waals surface area contributed by atoms with Crippen LogP contribution in [0.5, 0.6) is 0 Å². The Kier molecular flexibility index (Phi) is 3.52. The summed E-state index contributed by atoms with van der Waals surface area (Å²) < 4.78 is 166. The molecule has 2 aromatic heterocycles. The van der Waals surface area contributed by atoms with E-state index in [2.05, 4.69) is 0 Å². The van der Waals surface area contributed by atoms with E-state index in [1.54, 1.807) is 6.07 Å². The highest BCUT2D eigenvalue weighted by Crippen LogP contribution is 2.44. The number of para-hydroxylation sites is 2. The molecule has 0 saturated carbocycles. The van der Waals surface area contributed by atoms with E-state index >= 15 is 0 Å². The van der Waals surface area contributed by atoms with Crippen molar-refractivity contribution in [2.75, 3.05) is 4.90 Å².